The Morgan fingerprint density at radius 1 is 1.38 bits per heavy atom. The van der Waals surface area contributed by atoms with E-state index in [1.807, 2.05) is 6.92 Å². The van der Waals surface area contributed by atoms with Crippen molar-refractivity contribution in [1.29, 1.82) is 0 Å². The molecule has 0 bridgehead atoms. The first-order valence-corrected chi connectivity index (χ1v) is 5.64. The Morgan fingerprint density at radius 3 is 2.62 bits per heavy atom. The van der Waals surface area contributed by atoms with Crippen LogP contribution in [0.4, 0.5) is 5.82 Å². The minimum absolute atomic E-state index is 0.0406. The van der Waals surface area contributed by atoms with Crippen molar-refractivity contribution in [1.82, 2.24) is 9.97 Å². The van der Waals surface area contributed by atoms with Gasteiger partial charge >= 0.3 is 0 Å². The van der Waals surface area contributed by atoms with Crippen LogP contribution >= 0.6 is 0 Å². The van der Waals surface area contributed by atoms with E-state index < -0.39 is 0 Å². The van der Waals surface area contributed by atoms with E-state index in [-0.39, 0.29) is 5.54 Å². The molecule has 0 aromatic carbocycles. The lowest BCUT2D eigenvalue weighted by molar-refractivity contribution is 0.393. The number of rotatable bonds is 5. The van der Waals surface area contributed by atoms with E-state index in [2.05, 4.69) is 36.1 Å². The van der Waals surface area contributed by atoms with Crippen LogP contribution in [0.15, 0.2) is 6.33 Å². The monoisotopic (exact) mass is 223 g/mol. The minimum Gasteiger partial charge on any atom is -0.481 e. The van der Waals surface area contributed by atoms with Crippen LogP contribution in [-0.4, -0.2) is 22.6 Å². The molecule has 4 nitrogen and oxygen atoms in total. The number of nitrogens with one attached hydrogen (secondary N) is 1. The van der Waals surface area contributed by atoms with Gasteiger partial charge in [-0.3, -0.25) is 0 Å². The van der Waals surface area contributed by atoms with Gasteiger partial charge in [-0.2, -0.15) is 0 Å². The van der Waals surface area contributed by atoms with Crippen LogP contribution in [0.1, 0.15) is 39.2 Å². The zero-order valence-corrected chi connectivity index (χ0v) is 10.8. The third kappa shape index (κ3) is 3.08. The summed E-state index contributed by atoms with van der Waals surface area (Å²) < 4.78 is 5.17. The van der Waals surface area contributed by atoms with E-state index in [1.54, 1.807) is 7.11 Å². The molecule has 0 unspecified atom stereocenters. The van der Waals surface area contributed by atoms with Gasteiger partial charge in [0.05, 0.1) is 12.7 Å². The van der Waals surface area contributed by atoms with Gasteiger partial charge in [-0.25, -0.2) is 9.97 Å². The molecule has 0 saturated carbocycles. The summed E-state index contributed by atoms with van der Waals surface area (Å²) in [4.78, 5) is 8.31. The van der Waals surface area contributed by atoms with Crippen molar-refractivity contribution >= 4 is 5.82 Å². The number of methoxy groups -OCH3 is 1. The van der Waals surface area contributed by atoms with Crippen LogP contribution in [0.2, 0.25) is 0 Å². The predicted octanol–water partition coefficient (Wildman–Crippen LogP) is 2.78. The fourth-order valence-electron chi connectivity index (χ4n) is 1.77. The highest BCUT2D eigenvalue weighted by atomic mass is 16.5. The summed E-state index contributed by atoms with van der Waals surface area (Å²) in [5.41, 5.74) is 0.993. The fraction of sp³-hybridized carbons (Fsp3) is 0.667. The molecule has 0 fully saturated rings. The Balaban J connectivity index is 2.89. The van der Waals surface area contributed by atoms with E-state index in [4.69, 9.17) is 4.74 Å². The van der Waals surface area contributed by atoms with Gasteiger partial charge in [-0.05, 0) is 27.2 Å². The predicted molar refractivity (Wildman–Crippen MR) is 65.9 cm³/mol. The van der Waals surface area contributed by atoms with Gasteiger partial charge in [0.25, 0.3) is 0 Å². The van der Waals surface area contributed by atoms with Gasteiger partial charge in [-0.1, -0.05) is 13.3 Å². The number of hydrogen-bond acceptors (Lipinski definition) is 4. The highest BCUT2D eigenvalue weighted by molar-refractivity contribution is 5.49. The molecule has 4 heteroatoms. The van der Waals surface area contributed by atoms with Crippen LogP contribution < -0.4 is 10.1 Å². The zero-order valence-electron chi connectivity index (χ0n) is 10.8. The second kappa shape index (κ2) is 5.14. The summed E-state index contributed by atoms with van der Waals surface area (Å²) in [6.45, 7) is 8.48. The second-order valence-corrected chi connectivity index (χ2v) is 4.62. The molecule has 0 radical (unpaired) electrons. The zero-order chi connectivity index (χ0) is 12.2. The Morgan fingerprint density at radius 2 is 2.06 bits per heavy atom. The Hall–Kier alpha value is -1.32. The second-order valence-electron chi connectivity index (χ2n) is 4.62. The third-order valence-corrected chi connectivity index (χ3v) is 2.56. The van der Waals surface area contributed by atoms with Crippen LogP contribution in [0.25, 0.3) is 0 Å². The SMILES string of the molecule is CCCC(C)(C)Nc1ncnc(OC)c1C. The van der Waals surface area contributed by atoms with Crippen molar-refractivity contribution in [3.05, 3.63) is 11.9 Å². The molecule has 1 aromatic heterocycles. The topological polar surface area (TPSA) is 47.0 Å². The van der Waals surface area contributed by atoms with Crippen LogP contribution in [0, 0.1) is 6.92 Å². The molecule has 0 amide bonds. The van der Waals surface area contributed by atoms with Crippen molar-refractivity contribution < 1.29 is 4.74 Å². The van der Waals surface area contributed by atoms with E-state index in [0.717, 1.165) is 24.2 Å². The quantitative estimate of drug-likeness (QED) is 0.833. The first-order valence-electron chi connectivity index (χ1n) is 5.64. The maximum Gasteiger partial charge on any atom is 0.221 e. The molecule has 0 saturated heterocycles. The summed E-state index contributed by atoms with van der Waals surface area (Å²) in [5, 5.41) is 3.43. The Bertz CT molecular complexity index is 350. The summed E-state index contributed by atoms with van der Waals surface area (Å²) >= 11 is 0. The maximum atomic E-state index is 5.17. The first-order chi connectivity index (χ1) is 7.50. The smallest absolute Gasteiger partial charge is 0.221 e. The number of anilines is 1. The van der Waals surface area contributed by atoms with Gasteiger partial charge in [0.2, 0.25) is 5.88 Å². The summed E-state index contributed by atoms with van der Waals surface area (Å²) in [7, 11) is 1.62. The van der Waals surface area contributed by atoms with Crippen molar-refractivity contribution in [3.63, 3.8) is 0 Å². The molecule has 0 spiro atoms. The lowest BCUT2D eigenvalue weighted by Gasteiger charge is -2.27. The average molecular weight is 223 g/mol. The maximum absolute atomic E-state index is 5.17. The van der Waals surface area contributed by atoms with Crippen molar-refractivity contribution in [2.45, 2.75) is 46.1 Å². The van der Waals surface area contributed by atoms with E-state index in [9.17, 15) is 0 Å². The van der Waals surface area contributed by atoms with Gasteiger partial charge in [-0.15, -0.1) is 0 Å². The van der Waals surface area contributed by atoms with Crippen LogP contribution in [0.3, 0.4) is 0 Å². The average Bonchev–Trinajstić information content (AvgIpc) is 2.21. The molecule has 16 heavy (non-hydrogen) atoms. The van der Waals surface area contributed by atoms with E-state index >= 15 is 0 Å². The van der Waals surface area contributed by atoms with Crippen molar-refractivity contribution in [2.75, 3.05) is 12.4 Å². The first kappa shape index (κ1) is 12.7. The molecule has 0 atom stereocenters. The number of ether oxygens (including phenoxy) is 1. The van der Waals surface area contributed by atoms with Crippen molar-refractivity contribution in [3.8, 4) is 5.88 Å². The molecule has 0 aliphatic carbocycles. The van der Waals surface area contributed by atoms with E-state index in [1.165, 1.54) is 6.33 Å². The third-order valence-electron chi connectivity index (χ3n) is 2.56. The molecule has 1 heterocycles. The molecular formula is C12H21N3O. The highest BCUT2D eigenvalue weighted by Gasteiger charge is 2.18. The van der Waals surface area contributed by atoms with Crippen LogP contribution in [-0.2, 0) is 0 Å². The Kier molecular flexibility index (Phi) is 4.10. The standard InChI is InChI=1S/C12H21N3O/c1-6-7-12(3,4)15-10-9(2)11(16-5)14-8-13-10/h8H,6-7H2,1-5H3,(H,13,14,15). The molecule has 90 valence electrons. The number of aromatic nitrogens is 2. The molecule has 1 aromatic rings. The van der Waals surface area contributed by atoms with Gasteiger partial charge < -0.3 is 10.1 Å². The number of hydrogen-bond donors (Lipinski definition) is 1. The molecule has 0 aliphatic heterocycles. The summed E-state index contributed by atoms with van der Waals surface area (Å²) in [6, 6.07) is 0. The summed E-state index contributed by atoms with van der Waals surface area (Å²) in [5.74, 6) is 1.48. The van der Waals surface area contributed by atoms with Gasteiger partial charge in [0.1, 0.15) is 12.1 Å². The minimum atomic E-state index is 0.0406. The molecule has 0 aliphatic rings. The normalized spacial score (nSPS) is 11.3. The van der Waals surface area contributed by atoms with Gasteiger partial charge in [0, 0.05) is 5.54 Å². The lowest BCUT2D eigenvalue weighted by Crippen LogP contribution is -2.31. The van der Waals surface area contributed by atoms with E-state index in [0.29, 0.717) is 5.88 Å². The highest BCUT2D eigenvalue weighted by Crippen LogP contribution is 2.24. The molecular weight excluding hydrogens is 202 g/mol. The molecule has 1 rings (SSSR count). The van der Waals surface area contributed by atoms with Gasteiger partial charge in [0.15, 0.2) is 0 Å². The summed E-state index contributed by atoms with van der Waals surface area (Å²) in [6.07, 6.45) is 3.76. The largest absolute Gasteiger partial charge is 0.481 e. The lowest BCUT2D eigenvalue weighted by atomic mass is 9.99. The molecule has 1 N–H and O–H groups in total. The van der Waals surface area contributed by atoms with Crippen LogP contribution in [0.5, 0.6) is 5.88 Å². The van der Waals surface area contributed by atoms with Crippen molar-refractivity contribution in [2.24, 2.45) is 0 Å². The fourth-order valence-corrected chi connectivity index (χ4v) is 1.77. The Labute approximate surface area is 97.5 Å². The number of nitrogens with zero attached hydrogens (tertiary/aromatic N) is 2.